The largest absolute Gasteiger partial charge is 0.442 e. The van der Waals surface area contributed by atoms with Crippen LogP contribution in [-0.4, -0.2) is 9.72 Å². The molecule has 1 saturated carbocycles. The van der Waals surface area contributed by atoms with Crippen LogP contribution in [0, 0.1) is 17.2 Å². The summed E-state index contributed by atoms with van der Waals surface area (Å²) in [7, 11) is 0. The van der Waals surface area contributed by atoms with E-state index in [0.29, 0.717) is 11.7 Å². The molecule has 2 rings (SSSR count). The minimum Gasteiger partial charge on any atom is -0.296 e. The SMILES string of the molecule is N#CCn1c(CC2CC2)noc1=O. The maximum Gasteiger partial charge on any atom is 0.442 e. The molecule has 0 saturated heterocycles. The Kier molecular flexibility index (Phi) is 1.89. The van der Waals surface area contributed by atoms with E-state index >= 15 is 0 Å². The van der Waals surface area contributed by atoms with Crippen LogP contribution in [0.4, 0.5) is 0 Å². The molecular weight excluding hydrogens is 170 g/mol. The minimum absolute atomic E-state index is 0.0321. The summed E-state index contributed by atoms with van der Waals surface area (Å²) in [6, 6.07) is 1.91. The van der Waals surface area contributed by atoms with Gasteiger partial charge in [0.05, 0.1) is 6.07 Å². The van der Waals surface area contributed by atoms with Crippen molar-refractivity contribution in [3.05, 3.63) is 16.4 Å². The summed E-state index contributed by atoms with van der Waals surface area (Å²) < 4.78 is 5.77. The quantitative estimate of drug-likeness (QED) is 0.669. The average molecular weight is 179 g/mol. The van der Waals surface area contributed by atoms with E-state index in [0.717, 1.165) is 6.42 Å². The lowest BCUT2D eigenvalue weighted by Crippen LogP contribution is -2.16. The fourth-order valence-electron chi connectivity index (χ4n) is 1.25. The van der Waals surface area contributed by atoms with Gasteiger partial charge in [0.1, 0.15) is 6.54 Å². The topological polar surface area (TPSA) is 71.8 Å². The molecule has 68 valence electrons. The molecule has 0 amide bonds. The standard InChI is InChI=1S/C8H9N3O2/c9-3-4-11-7(5-6-1-2-6)10-13-8(11)12/h6H,1-2,4-5H2. The molecule has 0 radical (unpaired) electrons. The predicted octanol–water partition coefficient (Wildman–Crippen LogP) is 0.312. The van der Waals surface area contributed by atoms with Gasteiger partial charge in [-0.15, -0.1) is 0 Å². The number of nitrogens with zero attached hydrogens (tertiary/aromatic N) is 3. The van der Waals surface area contributed by atoms with E-state index in [4.69, 9.17) is 5.26 Å². The van der Waals surface area contributed by atoms with Crippen molar-refractivity contribution >= 4 is 0 Å². The Morgan fingerprint density at radius 3 is 3.08 bits per heavy atom. The first-order chi connectivity index (χ1) is 6.31. The zero-order valence-corrected chi connectivity index (χ0v) is 7.06. The zero-order valence-electron chi connectivity index (χ0n) is 7.06. The molecule has 0 aliphatic heterocycles. The Labute approximate surface area is 74.6 Å². The van der Waals surface area contributed by atoms with E-state index in [2.05, 4.69) is 9.68 Å². The Morgan fingerprint density at radius 2 is 2.46 bits per heavy atom. The Bertz CT molecular complexity index is 394. The Balaban J connectivity index is 2.22. The number of aromatic nitrogens is 2. The van der Waals surface area contributed by atoms with Gasteiger partial charge in [0.15, 0.2) is 5.82 Å². The van der Waals surface area contributed by atoms with Crippen molar-refractivity contribution in [2.45, 2.75) is 25.8 Å². The van der Waals surface area contributed by atoms with Crippen molar-refractivity contribution in [1.29, 1.82) is 5.26 Å². The lowest BCUT2D eigenvalue weighted by atomic mass is 10.3. The molecule has 1 fully saturated rings. The van der Waals surface area contributed by atoms with Crippen LogP contribution < -0.4 is 5.76 Å². The highest BCUT2D eigenvalue weighted by molar-refractivity contribution is 4.93. The average Bonchev–Trinajstić information content (AvgIpc) is 2.86. The first-order valence-corrected chi connectivity index (χ1v) is 4.23. The van der Waals surface area contributed by atoms with Crippen molar-refractivity contribution in [3.8, 4) is 6.07 Å². The molecule has 0 aromatic carbocycles. The van der Waals surface area contributed by atoms with Crippen LogP contribution in [-0.2, 0) is 13.0 Å². The van der Waals surface area contributed by atoms with Crippen LogP contribution in [0.25, 0.3) is 0 Å². The van der Waals surface area contributed by atoms with Crippen molar-refractivity contribution in [3.63, 3.8) is 0 Å². The third-order valence-corrected chi connectivity index (χ3v) is 2.16. The maximum absolute atomic E-state index is 11.0. The molecule has 1 aliphatic carbocycles. The normalized spacial score (nSPS) is 15.6. The summed E-state index contributed by atoms with van der Waals surface area (Å²) in [6.07, 6.45) is 3.13. The van der Waals surface area contributed by atoms with E-state index in [1.165, 1.54) is 17.4 Å². The second-order valence-electron chi connectivity index (χ2n) is 3.26. The zero-order chi connectivity index (χ0) is 9.26. The molecule has 1 heterocycles. The van der Waals surface area contributed by atoms with Gasteiger partial charge in [-0.25, -0.2) is 9.36 Å². The fourth-order valence-corrected chi connectivity index (χ4v) is 1.25. The van der Waals surface area contributed by atoms with Gasteiger partial charge in [-0.1, -0.05) is 5.16 Å². The highest BCUT2D eigenvalue weighted by Crippen LogP contribution is 2.31. The van der Waals surface area contributed by atoms with E-state index in [1.54, 1.807) is 0 Å². The van der Waals surface area contributed by atoms with E-state index < -0.39 is 5.76 Å². The molecular formula is C8H9N3O2. The number of hydrogen-bond acceptors (Lipinski definition) is 4. The first kappa shape index (κ1) is 8.05. The molecule has 5 heteroatoms. The van der Waals surface area contributed by atoms with Gasteiger partial charge in [-0.3, -0.25) is 4.52 Å². The Morgan fingerprint density at radius 1 is 1.69 bits per heavy atom. The molecule has 5 nitrogen and oxygen atoms in total. The lowest BCUT2D eigenvalue weighted by molar-refractivity contribution is 0.374. The van der Waals surface area contributed by atoms with Gasteiger partial charge in [-0.05, 0) is 18.8 Å². The van der Waals surface area contributed by atoms with E-state index in [-0.39, 0.29) is 6.54 Å². The summed E-state index contributed by atoms with van der Waals surface area (Å²) in [5.74, 6) is 0.709. The molecule has 0 atom stereocenters. The van der Waals surface area contributed by atoms with Crippen LogP contribution >= 0.6 is 0 Å². The molecule has 0 N–H and O–H groups in total. The second kappa shape index (κ2) is 3.05. The van der Waals surface area contributed by atoms with Crippen LogP contribution in [0.15, 0.2) is 9.32 Å². The van der Waals surface area contributed by atoms with Gasteiger partial charge in [-0.2, -0.15) is 5.26 Å². The van der Waals surface area contributed by atoms with Gasteiger partial charge >= 0.3 is 5.76 Å². The molecule has 13 heavy (non-hydrogen) atoms. The summed E-state index contributed by atoms with van der Waals surface area (Å²) in [4.78, 5) is 11.0. The van der Waals surface area contributed by atoms with Gasteiger partial charge in [0.2, 0.25) is 0 Å². The van der Waals surface area contributed by atoms with Crippen LogP contribution in [0.2, 0.25) is 0 Å². The van der Waals surface area contributed by atoms with E-state index in [9.17, 15) is 4.79 Å². The number of rotatable bonds is 3. The monoisotopic (exact) mass is 179 g/mol. The fraction of sp³-hybridized carbons (Fsp3) is 0.625. The first-order valence-electron chi connectivity index (χ1n) is 4.23. The smallest absolute Gasteiger partial charge is 0.296 e. The van der Waals surface area contributed by atoms with Crippen molar-refractivity contribution in [2.75, 3.05) is 0 Å². The lowest BCUT2D eigenvalue weighted by Gasteiger charge is -1.96. The van der Waals surface area contributed by atoms with Crippen molar-refractivity contribution < 1.29 is 4.52 Å². The van der Waals surface area contributed by atoms with Crippen molar-refractivity contribution in [2.24, 2.45) is 5.92 Å². The molecule has 0 bridgehead atoms. The molecule has 1 aliphatic rings. The summed E-state index contributed by atoms with van der Waals surface area (Å²) in [5, 5.41) is 12.1. The molecule has 1 aromatic rings. The number of hydrogen-bond donors (Lipinski definition) is 0. The van der Waals surface area contributed by atoms with Gasteiger partial charge in [0.25, 0.3) is 0 Å². The van der Waals surface area contributed by atoms with Gasteiger partial charge in [0, 0.05) is 6.42 Å². The van der Waals surface area contributed by atoms with Crippen LogP contribution in [0.5, 0.6) is 0 Å². The van der Waals surface area contributed by atoms with Crippen molar-refractivity contribution in [1.82, 2.24) is 9.72 Å². The second-order valence-corrected chi connectivity index (χ2v) is 3.26. The third-order valence-electron chi connectivity index (χ3n) is 2.16. The minimum atomic E-state index is -0.530. The third kappa shape index (κ3) is 1.61. The predicted molar refractivity (Wildman–Crippen MR) is 42.8 cm³/mol. The number of nitriles is 1. The highest BCUT2D eigenvalue weighted by atomic mass is 16.5. The van der Waals surface area contributed by atoms with Gasteiger partial charge < -0.3 is 0 Å². The summed E-state index contributed by atoms with van der Waals surface area (Å²) >= 11 is 0. The molecule has 0 unspecified atom stereocenters. The van der Waals surface area contributed by atoms with E-state index in [1.807, 2.05) is 6.07 Å². The van der Waals surface area contributed by atoms with Crippen LogP contribution in [0.1, 0.15) is 18.7 Å². The summed E-state index contributed by atoms with van der Waals surface area (Å²) in [5.41, 5.74) is 0. The summed E-state index contributed by atoms with van der Waals surface area (Å²) in [6.45, 7) is 0.0321. The van der Waals surface area contributed by atoms with Crippen LogP contribution in [0.3, 0.4) is 0 Å². The highest BCUT2D eigenvalue weighted by Gasteiger charge is 2.25. The Hall–Kier alpha value is -1.57. The molecule has 0 spiro atoms. The molecule has 1 aromatic heterocycles. The maximum atomic E-state index is 11.0.